The summed E-state index contributed by atoms with van der Waals surface area (Å²) in [4.78, 5) is 38.9. The zero-order valence-electron chi connectivity index (χ0n) is 17.8. The molecule has 1 saturated carbocycles. The standard InChI is InChI=1S/C24H25FN2O5/c1-31-20-10-9-16(12-21(20)32-18-7-2-3-8-18)23(29)26-19-13-22(28)27(24(19)30)14-15-5-4-6-17(25)11-15/h4-6,9-12,18-19H,2-3,7-8,13-14H2,1H3,(H,26,29)/t19-/m0/s1. The number of benzene rings is 2. The van der Waals surface area contributed by atoms with Crippen LogP contribution in [-0.4, -0.2) is 41.9 Å². The molecule has 1 aliphatic heterocycles. The Morgan fingerprint density at radius 1 is 1.12 bits per heavy atom. The van der Waals surface area contributed by atoms with Crippen LogP contribution in [0.2, 0.25) is 0 Å². The number of nitrogens with zero attached hydrogens (tertiary/aromatic N) is 1. The topological polar surface area (TPSA) is 84.9 Å². The van der Waals surface area contributed by atoms with E-state index in [-0.39, 0.29) is 19.1 Å². The number of likely N-dealkylation sites (tertiary alicyclic amines) is 1. The summed E-state index contributed by atoms with van der Waals surface area (Å²) >= 11 is 0. The lowest BCUT2D eigenvalue weighted by Crippen LogP contribution is -2.41. The molecule has 2 fully saturated rings. The lowest BCUT2D eigenvalue weighted by molar-refractivity contribution is -0.139. The van der Waals surface area contributed by atoms with E-state index in [2.05, 4.69) is 5.32 Å². The van der Waals surface area contributed by atoms with Crippen molar-refractivity contribution in [1.29, 1.82) is 0 Å². The van der Waals surface area contributed by atoms with Crippen LogP contribution in [0.4, 0.5) is 4.39 Å². The Balaban J connectivity index is 1.44. The third-order valence-corrected chi connectivity index (χ3v) is 5.80. The molecule has 8 heteroatoms. The van der Waals surface area contributed by atoms with Crippen molar-refractivity contribution >= 4 is 17.7 Å². The lowest BCUT2D eigenvalue weighted by atomic mass is 10.1. The molecular weight excluding hydrogens is 415 g/mol. The van der Waals surface area contributed by atoms with Crippen molar-refractivity contribution in [2.45, 2.75) is 50.8 Å². The summed E-state index contributed by atoms with van der Waals surface area (Å²) in [5.74, 6) is -0.840. The highest BCUT2D eigenvalue weighted by Gasteiger charge is 2.39. The van der Waals surface area contributed by atoms with Gasteiger partial charge in [0.25, 0.3) is 11.8 Å². The second-order valence-electron chi connectivity index (χ2n) is 8.07. The first-order valence-corrected chi connectivity index (χ1v) is 10.7. The van der Waals surface area contributed by atoms with Gasteiger partial charge in [-0.15, -0.1) is 0 Å². The molecule has 3 amide bonds. The monoisotopic (exact) mass is 440 g/mol. The van der Waals surface area contributed by atoms with E-state index in [1.807, 2.05) is 0 Å². The minimum atomic E-state index is -0.968. The molecular formula is C24H25FN2O5. The van der Waals surface area contributed by atoms with Crippen LogP contribution >= 0.6 is 0 Å². The van der Waals surface area contributed by atoms with Crippen molar-refractivity contribution < 1.29 is 28.2 Å². The lowest BCUT2D eigenvalue weighted by Gasteiger charge is -2.18. The number of nitrogens with one attached hydrogen (secondary N) is 1. The van der Waals surface area contributed by atoms with Gasteiger partial charge in [0.15, 0.2) is 11.5 Å². The van der Waals surface area contributed by atoms with Gasteiger partial charge in [0.2, 0.25) is 5.91 Å². The van der Waals surface area contributed by atoms with Crippen LogP contribution in [0.5, 0.6) is 11.5 Å². The third-order valence-electron chi connectivity index (χ3n) is 5.80. The first kappa shape index (κ1) is 21.8. The van der Waals surface area contributed by atoms with E-state index in [9.17, 15) is 18.8 Å². The number of carbonyl (C=O) groups is 3. The van der Waals surface area contributed by atoms with Gasteiger partial charge in [0.1, 0.15) is 11.9 Å². The predicted octanol–water partition coefficient (Wildman–Crippen LogP) is 3.21. The molecule has 0 unspecified atom stereocenters. The SMILES string of the molecule is COc1ccc(C(=O)N[C@H]2CC(=O)N(Cc3cccc(F)c3)C2=O)cc1OC1CCCC1. The highest BCUT2D eigenvalue weighted by molar-refractivity contribution is 6.08. The molecule has 1 aliphatic carbocycles. The minimum Gasteiger partial charge on any atom is -0.493 e. The first-order chi connectivity index (χ1) is 15.4. The Labute approximate surface area is 185 Å². The molecule has 2 aliphatic rings. The number of halogens is 1. The average molecular weight is 440 g/mol. The Morgan fingerprint density at radius 3 is 2.62 bits per heavy atom. The Hall–Kier alpha value is -3.42. The van der Waals surface area contributed by atoms with Crippen LogP contribution < -0.4 is 14.8 Å². The summed E-state index contributed by atoms with van der Waals surface area (Å²) < 4.78 is 24.8. The number of methoxy groups -OCH3 is 1. The van der Waals surface area contributed by atoms with Gasteiger partial charge < -0.3 is 14.8 Å². The molecule has 0 radical (unpaired) electrons. The van der Waals surface area contributed by atoms with Crippen LogP contribution in [0.1, 0.15) is 48.0 Å². The maximum absolute atomic E-state index is 13.4. The zero-order valence-corrected chi connectivity index (χ0v) is 17.8. The third kappa shape index (κ3) is 4.74. The fourth-order valence-corrected chi connectivity index (χ4v) is 4.12. The maximum Gasteiger partial charge on any atom is 0.252 e. The summed E-state index contributed by atoms with van der Waals surface area (Å²) in [6, 6.07) is 9.58. The normalized spacial score (nSPS) is 18.8. The van der Waals surface area contributed by atoms with Crippen LogP contribution in [0, 0.1) is 5.82 Å². The molecule has 168 valence electrons. The summed E-state index contributed by atoms with van der Waals surface area (Å²) in [5, 5.41) is 2.64. The van der Waals surface area contributed by atoms with E-state index in [1.54, 1.807) is 24.3 Å². The largest absolute Gasteiger partial charge is 0.493 e. The molecule has 4 rings (SSSR count). The summed E-state index contributed by atoms with van der Waals surface area (Å²) in [5.41, 5.74) is 0.810. The van der Waals surface area contributed by atoms with Gasteiger partial charge in [0, 0.05) is 5.56 Å². The second-order valence-corrected chi connectivity index (χ2v) is 8.07. The van der Waals surface area contributed by atoms with Gasteiger partial charge in [-0.3, -0.25) is 19.3 Å². The second kappa shape index (κ2) is 9.38. The molecule has 32 heavy (non-hydrogen) atoms. The Kier molecular flexibility index (Phi) is 6.39. The number of imide groups is 1. The minimum absolute atomic E-state index is 0.0380. The number of amides is 3. The van der Waals surface area contributed by atoms with Gasteiger partial charge in [-0.05, 0) is 61.6 Å². The van der Waals surface area contributed by atoms with E-state index in [4.69, 9.17) is 9.47 Å². The molecule has 2 aromatic carbocycles. The molecule has 7 nitrogen and oxygen atoms in total. The van der Waals surface area contributed by atoms with Crippen molar-refractivity contribution in [2.75, 3.05) is 7.11 Å². The molecule has 0 spiro atoms. The average Bonchev–Trinajstić information content (AvgIpc) is 3.37. The molecule has 1 saturated heterocycles. The first-order valence-electron chi connectivity index (χ1n) is 10.7. The van der Waals surface area contributed by atoms with Crippen molar-refractivity contribution in [2.24, 2.45) is 0 Å². The number of ether oxygens (including phenoxy) is 2. The fourth-order valence-electron chi connectivity index (χ4n) is 4.12. The smallest absolute Gasteiger partial charge is 0.252 e. The van der Waals surface area contributed by atoms with Crippen LogP contribution in [0.15, 0.2) is 42.5 Å². The molecule has 0 bridgehead atoms. The highest BCUT2D eigenvalue weighted by atomic mass is 19.1. The van der Waals surface area contributed by atoms with Gasteiger partial charge in [-0.2, -0.15) is 0 Å². The van der Waals surface area contributed by atoms with E-state index >= 15 is 0 Å². The van der Waals surface area contributed by atoms with Crippen molar-refractivity contribution in [1.82, 2.24) is 10.2 Å². The Morgan fingerprint density at radius 2 is 1.91 bits per heavy atom. The Bertz CT molecular complexity index is 1030. The van der Waals surface area contributed by atoms with Gasteiger partial charge in [0.05, 0.1) is 26.2 Å². The zero-order chi connectivity index (χ0) is 22.7. The summed E-state index contributed by atoms with van der Waals surface area (Å²) in [6.07, 6.45) is 4.08. The molecule has 1 N–H and O–H groups in total. The van der Waals surface area contributed by atoms with E-state index in [0.717, 1.165) is 30.6 Å². The predicted molar refractivity (Wildman–Crippen MR) is 114 cm³/mol. The van der Waals surface area contributed by atoms with Crippen molar-refractivity contribution in [3.8, 4) is 11.5 Å². The maximum atomic E-state index is 13.4. The quantitative estimate of drug-likeness (QED) is 0.669. The number of hydrogen-bond donors (Lipinski definition) is 1. The number of hydrogen-bond acceptors (Lipinski definition) is 5. The molecule has 1 atom stereocenters. The van der Waals surface area contributed by atoms with Crippen LogP contribution in [0.3, 0.4) is 0 Å². The summed E-state index contributed by atoms with van der Waals surface area (Å²) in [7, 11) is 1.53. The van der Waals surface area contributed by atoms with Gasteiger partial charge in [-0.25, -0.2) is 4.39 Å². The van der Waals surface area contributed by atoms with E-state index in [0.29, 0.717) is 22.6 Å². The molecule has 1 heterocycles. The van der Waals surface area contributed by atoms with Crippen molar-refractivity contribution in [3.05, 3.63) is 59.4 Å². The summed E-state index contributed by atoms with van der Waals surface area (Å²) in [6.45, 7) is -0.0380. The van der Waals surface area contributed by atoms with Crippen LogP contribution in [0.25, 0.3) is 0 Å². The van der Waals surface area contributed by atoms with E-state index in [1.165, 1.54) is 25.3 Å². The highest BCUT2D eigenvalue weighted by Crippen LogP contribution is 2.32. The number of carbonyl (C=O) groups excluding carboxylic acids is 3. The molecule has 0 aromatic heterocycles. The van der Waals surface area contributed by atoms with Crippen LogP contribution in [-0.2, 0) is 16.1 Å². The van der Waals surface area contributed by atoms with Crippen molar-refractivity contribution in [3.63, 3.8) is 0 Å². The fraction of sp³-hybridized carbons (Fsp3) is 0.375. The number of rotatable bonds is 7. The van der Waals surface area contributed by atoms with Gasteiger partial charge in [-0.1, -0.05) is 12.1 Å². The van der Waals surface area contributed by atoms with Gasteiger partial charge >= 0.3 is 0 Å². The van der Waals surface area contributed by atoms with E-state index < -0.39 is 29.6 Å². The molecule has 2 aromatic rings.